The molecule has 0 bridgehead atoms. The molecule has 1 aliphatic heterocycles. The summed E-state index contributed by atoms with van der Waals surface area (Å²) >= 11 is 1.59. The summed E-state index contributed by atoms with van der Waals surface area (Å²) in [6.45, 7) is 0. The number of hydrogen-bond acceptors (Lipinski definition) is 6. The third-order valence-corrected chi connectivity index (χ3v) is 4.15. The molecular weight excluding hydrogens is 290 g/mol. The molecule has 3 rings (SSSR count). The smallest absolute Gasteiger partial charge is 0.318 e. The molecule has 0 aromatic heterocycles. The van der Waals surface area contributed by atoms with Gasteiger partial charge < -0.3 is 5.32 Å². The maximum absolute atomic E-state index is 11.5. The van der Waals surface area contributed by atoms with Gasteiger partial charge in [-0.25, -0.2) is 4.84 Å². The van der Waals surface area contributed by atoms with Gasteiger partial charge in [-0.05, 0) is 24.3 Å². The second-order valence-corrected chi connectivity index (χ2v) is 5.45. The van der Waals surface area contributed by atoms with E-state index in [1.54, 1.807) is 31.0 Å². The maximum atomic E-state index is 11.5. The van der Waals surface area contributed by atoms with Gasteiger partial charge in [-0.1, -0.05) is 11.8 Å². The van der Waals surface area contributed by atoms with Gasteiger partial charge in [0.1, 0.15) is 0 Å². The average Bonchev–Trinajstić information content (AvgIpc) is 2.52. The summed E-state index contributed by atoms with van der Waals surface area (Å²) in [6, 6.07) is 11.3. The molecule has 6 nitrogen and oxygen atoms in total. The van der Waals surface area contributed by atoms with Crippen LogP contribution in [0.25, 0.3) is 0 Å². The van der Waals surface area contributed by atoms with Crippen LogP contribution in [0.4, 0.5) is 22.7 Å². The molecule has 0 radical (unpaired) electrons. The predicted molar refractivity (Wildman–Crippen MR) is 81.2 cm³/mol. The van der Waals surface area contributed by atoms with Crippen LogP contribution >= 0.6 is 11.8 Å². The van der Waals surface area contributed by atoms with Gasteiger partial charge in [-0.2, -0.15) is 0 Å². The number of benzene rings is 2. The second kappa shape index (κ2) is 5.63. The van der Waals surface area contributed by atoms with Crippen molar-refractivity contribution in [3.8, 4) is 0 Å². The zero-order chi connectivity index (χ0) is 14.8. The highest BCUT2D eigenvalue weighted by Crippen LogP contribution is 2.46. The molecule has 2 aromatic rings. The molecule has 2 aromatic carbocycles. The van der Waals surface area contributed by atoms with Crippen molar-refractivity contribution in [3.05, 3.63) is 41.3 Å². The molecule has 2 N–H and O–H groups in total. The minimum absolute atomic E-state index is 0.458. The summed E-state index contributed by atoms with van der Waals surface area (Å²) < 4.78 is 0. The fourth-order valence-electron chi connectivity index (χ4n) is 2.07. The molecule has 0 unspecified atom stereocenters. The van der Waals surface area contributed by atoms with Crippen molar-refractivity contribution in [2.45, 2.75) is 9.79 Å². The van der Waals surface area contributed by atoms with Gasteiger partial charge >= 0.3 is 5.69 Å². The van der Waals surface area contributed by atoms with Gasteiger partial charge in [0.15, 0.2) is 7.11 Å². The van der Waals surface area contributed by atoms with Crippen molar-refractivity contribution in [3.63, 3.8) is 0 Å². The van der Waals surface area contributed by atoms with E-state index in [9.17, 15) is 4.91 Å². The Kier molecular flexibility index (Phi) is 3.68. The van der Waals surface area contributed by atoms with Gasteiger partial charge in [0.05, 0.1) is 29.1 Å². The van der Waals surface area contributed by atoms with E-state index in [0.29, 0.717) is 10.6 Å². The van der Waals surface area contributed by atoms with Crippen molar-refractivity contribution in [1.29, 1.82) is 0 Å². The Labute approximate surface area is 125 Å². The summed E-state index contributed by atoms with van der Waals surface area (Å²) in [5.74, 6) is 0. The van der Waals surface area contributed by atoms with Gasteiger partial charge in [-0.3, -0.25) is 10.3 Å². The van der Waals surface area contributed by atoms with Crippen LogP contribution in [0.3, 0.4) is 0 Å². The predicted octanol–water partition coefficient (Wildman–Crippen LogP) is 3.84. The summed E-state index contributed by atoms with van der Waals surface area (Å²) in [6.07, 6.45) is 0. The molecule has 0 fully saturated rings. The van der Waals surface area contributed by atoms with E-state index >= 15 is 0 Å². The third kappa shape index (κ3) is 2.65. The Hall–Kier alpha value is -2.25. The Morgan fingerprint density at radius 2 is 1.81 bits per heavy atom. The first-order chi connectivity index (χ1) is 10.2. The highest BCUT2D eigenvalue weighted by Gasteiger charge is 2.21. The van der Waals surface area contributed by atoms with Crippen LogP contribution in [0.5, 0.6) is 0 Å². The van der Waals surface area contributed by atoms with Crippen LogP contribution in [0, 0.1) is 4.91 Å². The number of rotatable bonds is 4. The van der Waals surface area contributed by atoms with Crippen molar-refractivity contribution < 1.29 is 14.6 Å². The molecule has 0 spiro atoms. The summed E-state index contributed by atoms with van der Waals surface area (Å²) in [7, 11) is 2.91. The maximum Gasteiger partial charge on any atom is 0.318 e. The van der Waals surface area contributed by atoms with Gasteiger partial charge in [0.25, 0.3) is 4.92 Å². The summed E-state index contributed by atoms with van der Waals surface area (Å²) in [4.78, 5) is 23.6. The SMILES string of the molecule is CONc1ccc2c(c1)Sc1cc([N+](=O)OC)ccc1N2. The molecule has 0 saturated heterocycles. The zero-order valence-electron chi connectivity index (χ0n) is 11.5. The standard InChI is InChI=1S/C14H14N3O3S/c1-19-16-9-3-5-11-13(7-9)21-14-8-10(17(18)20-2)4-6-12(14)15-11/h3-8,15-16H,1-2H3/q+1. The Morgan fingerprint density at radius 3 is 2.52 bits per heavy atom. The zero-order valence-corrected chi connectivity index (χ0v) is 12.4. The molecule has 0 amide bonds. The minimum Gasteiger partial charge on any atom is -0.354 e. The normalized spacial score (nSPS) is 11.9. The van der Waals surface area contributed by atoms with Crippen LogP contribution in [0.15, 0.2) is 46.2 Å². The van der Waals surface area contributed by atoms with E-state index in [2.05, 4.69) is 15.6 Å². The first-order valence-electron chi connectivity index (χ1n) is 6.24. The Balaban J connectivity index is 1.94. The van der Waals surface area contributed by atoms with Crippen molar-refractivity contribution >= 4 is 34.5 Å². The Morgan fingerprint density at radius 1 is 1.10 bits per heavy atom. The lowest BCUT2D eigenvalue weighted by molar-refractivity contribution is -0.736. The number of nitrogens with zero attached hydrogens (tertiary/aromatic N) is 1. The number of nitrogens with one attached hydrogen (secondary N) is 2. The monoisotopic (exact) mass is 304 g/mol. The molecule has 0 aliphatic carbocycles. The van der Waals surface area contributed by atoms with E-state index in [1.807, 2.05) is 24.3 Å². The summed E-state index contributed by atoms with van der Waals surface area (Å²) in [5, 5.41) is 3.34. The molecule has 0 saturated carbocycles. The van der Waals surface area contributed by atoms with E-state index in [-0.39, 0.29) is 0 Å². The van der Waals surface area contributed by atoms with Gasteiger partial charge in [0, 0.05) is 21.9 Å². The molecule has 21 heavy (non-hydrogen) atoms. The van der Waals surface area contributed by atoms with Gasteiger partial charge in [-0.15, -0.1) is 0 Å². The largest absolute Gasteiger partial charge is 0.354 e. The van der Waals surface area contributed by atoms with E-state index in [1.165, 1.54) is 7.11 Å². The molecule has 7 heteroatoms. The lowest BCUT2D eigenvalue weighted by Gasteiger charge is -2.21. The topological polar surface area (TPSA) is 62.6 Å². The highest BCUT2D eigenvalue weighted by atomic mass is 32.2. The van der Waals surface area contributed by atoms with Crippen LogP contribution in [0.2, 0.25) is 0 Å². The van der Waals surface area contributed by atoms with Gasteiger partial charge in [0.2, 0.25) is 0 Å². The lowest BCUT2D eigenvalue weighted by Crippen LogP contribution is -2.03. The first-order valence-corrected chi connectivity index (χ1v) is 7.06. The average molecular weight is 304 g/mol. The fourth-order valence-corrected chi connectivity index (χ4v) is 3.13. The fraction of sp³-hybridized carbons (Fsp3) is 0.143. The molecule has 108 valence electrons. The lowest BCUT2D eigenvalue weighted by atomic mass is 10.2. The molecular formula is C14H14N3O3S+. The van der Waals surface area contributed by atoms with E-state index < -0.39 is 0 Å². The van der Waals surface area contributed by atoms with Crippen LogP contribution < -0.4 is 10.8 Å². The van der Waals surface area contributed by atoms with Crippen molar-refractivity contribution in [2.24, 2.45) is 0 Å². The quantitative estimate of drug-likeness (QED) is 0.714. The first kappa shape index (κ1) is 13.7. The van der Waals surface area contributed by atoms with Crippen LogP contribution in [-0.4, -0.2) is 19.1 Å². The molecule has 0 atom stereocenters. The number of anilines is 3. The second-order valence-electron chi connectivity index (χ2n) is 4.36. The third-order valence-electron chi connectivity index (χ3n) is 3.03. The molecule has 1 heterocycles. The Bertz CT molecular complexity index is 706. The number of hydrogen-bond donors (Lipinski definition) is 2. The van der Waals surface area contributed by atoms with E-state index in [0.717, 1.165) is 26.9 Å². The highest BCUT2D eigenvalue weighted by molar-refractivity contribution is 7.99. The van der Waals surface area contributed by atoms with E-state index in [4.69, 9.17) is 4.84 Å². The van der Waals surface area contributed by atoms with Crippen LogP contribution in [-0.2, 0) is 9.68 Å². The number of fused-ring (bicyclic) bond motifs is 2. The van der Waals surface area contributed by atoms with Crippen molar-refractivity contribution in [2.75, 3.05) is 25.0 Å². The summed E-state index contributed by atoms with van der Waals surface area (Å²) in [5.41, 5.74) is 6.11. The molecule has 1 aliphatic rings. The van der Waals surface area contributed by atoms with Crippen molar-refractivity contribution in [1.82, 2.24) is 0 Å². The minimum atomic E-state index is 0.458. The van der Waals surface area contributed by atoms with Crippen LogP contribution in [0.1, 0.15) is 0 Å².